The van der Waals surface area contributed by atoms with Crippen molar-refractivity contribution in [2.24, 2.45) is 0 Å². The van der Waals surface area contributed by atoms with Gasteiger partial charge < -0.3 is 10.5 Å². The third-order valence-electron chi connectivity index (χ3n) is 3.16. The second-order valence-corrected chi connectivity index (χ2v) is 7.30. The predicted octanol–water partition coefficient (Wildman–Crippen LogP) is 4.78. The molecule has 0 saturated carbocycles. The molecule has 0 aromatic heterocycles. The molecule has 20 heavy (non-hydrogen) atoms. The molecule has 2 nitrogen and oxygen atoms in total. The Labute approximate surface area is 135 Å². The third-order valence-corrected chi connectivity index (χ3v) is 5.26. The van der Waals surface area contributed by atoms with Gasteiger partial charge in [0.2, 0.25) is 0 Å². The topological polar surface area (TPSA) is 35.2 Å². The summed E-state index contributed by atoms with van der Waals surface area (Å²) >= 11 is 11.2. The summed E-state index contributed by atoms with van der Waals surface area (Å²) in [5.74, 6) is 0.672. The quantitative estimate of drug-likeness (QED) is 0.790. The van der Waals surface area contributed by atoms with Crippen LogP contribution in [0.4, 0.5) is 5.69 Å². The third kappa shape index (κ3) is 2.92. The fourth-order valence-electron chi connectivity index (χ4n) is 2.26. The van der Waals surface area contributed by atoms with E-state index in [1.807, 2.05) is 11.8 Å². The van der Waals surface area contributed by atoms with Crippen molar-refractivity contribution in [2.75, 3.05) is 12.3 Å². The monoisotopic (exact) mass is 369 g/mol. The second-order valence-electron chi connectivity index (χ2n) is 4.67. The van der Waals surface area contributed by atoms with E-state index in [-0.39, 0.29) is 0 Å². The average molecular weight is 371 g/mol. The van der Waals surface area contributed by atoms with E-state index in [0.29, 0.717) is 28.3 Å². The highest BCUT2D eigenvalue weighted by atomic mass is 79.9. The number of ether oxygens (including phenoxy) is 1. The molecule has 2 aromatic carbocycles. The first-order valence-corrected chi connectivity index (χ1v) is 8.30. The number of halogens is 2. The smallest absolute Gasteiger partial charge is 0.156 e. The van der Waals surface area contributed by atoms with E-state index in [4.69, 9.17) is 22.1 Å². The van der Waals surface area contributed by atoms with Crippen LogP contribution in [-0.2, 0) is 6.42 Å². The number of nitrogen functional groups attached to an aromatic ring is 1. The molecule has 2 N–H and O–H groups in total. The normalized spacial score (nSPS) is 17.0. The maximum atomic E-state index is 5.94. The number of hydrogen-bond donors (Lipinski definition) is 1. The number of benzene rings is 2. The number of rotatable bonds is 3. The molecule has 0 spiro atoms. The van der Waals surface area contributed by atoms with Crippen molar-refractivity contribution in [1.29, 1.82) is 0 Å². The minimum absolute atomic E-state index is 0.425. The maximum absolute atomic E-state index is 5.94. The van der Waals surface area contributed by atoms with Gasteiger partial charge in [0.1, 0.15) is 6.61 Å². The molecule has 1 aliphatic rings. The Hall–Kier alpha value is -0.840. The molecule has 1 aliphatic heterocycles. The molecule has 1 heterocycles. The summed E-state index contributed by atoms with van der Waals surface area (Å²) in [6.07, 6.45) is 1.03. The lowest BCUT2D eigenvalue weighted by molar-refractivity contribution is 0.317. The van der Waals surface area contributed by atoms with Crippen LogP contribution < -0.4 is 10.5 Å². The van der Waals surface area contributed by atoms with Gasteiger partial charge in [-0.3, -0.25) is 0 Å². The Balaban J connectivity index is 1.67. The lowest BCUT2D eigenvalue weighted by atomic mass is 10.1. The van der Waals surface area contributed by atoms with E-state index >= 15 is 0 Å². The van der Waals surface area contributed by atoms with Crippen molar-refractivity contribution < 1.29 is 4.74 Å². The number of thioether (sulfide) groups is 1. The number of hydrogen-bond acceptors (Lipinski definition) is 3. The average Bonchev–Trinajstić information content (AvgIpc) is 2.80. The lowest BCUT2D eigenvalue weighted by Gasteiger charge is -2.14. The first-order valence-electron chi connectivity index (χ1n) is 6.25. The summed E-state index contributed by atoms with van der Waals surface area (Å²) in [6, 6.07) is 12.0. The van der Waals surface area contributed by atoms with Crippen LogP contribution in [0.5, 0.6) is 5.75 Å². The molecule has 104 valence electrons. The zero-order chi connectivity index (χ0) is 14.1. The standard InChI is InChI=1S/C15H13BrClNOS/c16-12-6-10(17)7-13(18)15(12)19-8-11-5-9-3-1-2-4-14(9)20-11/h1-4,6-7,11H,5,8,18H2. The summed E-state index contributed by atoms with van der Waals surface area (Å²) in [4.78, 5) is 1.35. The molecule has 5 heteroatoms. The van der Waals surface area contributed by atoms with Crippen LogP contribution in [0.25, 0.3) is 0 Å². The molecule has 0 aliphatic carbocycles. The number of fused-ring (bicyclic) bond motifs is 1. The summed E-state index contributed by atoms with van der Waals surface area (Å²) in [7, 11) is 0. The van der Waals surface area contributed by atoms with Crippen LogP contribution in [-0.4, -0.2) is 11.9 Å². The Morgan fingerprint density at radius 3 is 2.90 bits per heavy atom. The first-order chi connectivity index (χ1) is 9.63. The van der Waals surface area contributed by atoms with Gasteiger partial charge >= 0.3 is 0 Å². The van der Waals surface area contributed by atoms with Crippen LogP contribution in [0.3, 0.4) is 0 Å². The van der Waals surface area contributed by atoms with Gasteiger partial charge in [-0.25, -0.2) is 0 Å². The SMILES string of the molecule is Nc1cc(Cl)cc(Br)c1OCC1Cc2ccccc2S1. The summed E-state index contributed by atoms with van der Waals surface area (Å²) in [6.45, 7) is 0.629. The van der Waals surface area contributed by atoms with E-state index in [1.54, 1.807) is 12.1 Å². The lowest BCUT2D eigenvalue weighted by Crippen LogP contribution is -2.14. The zero-order valence-corrected chi connectivity index (χ0v) is 13.8. The van der Waals surface area contributed by atoms with Gasteiger partial charge in [-0.2, -0.15) is 0 Å². The largest absolute Gasteiger partial charge is 0.489 e. The van der Waals surface area contributed by atoms with Crippen LogP contribution >= 0.6 is 39.3 Å². The first kappa shape index (κ1) is 14.1. The van der Waals surface area contributed by atoms with Gasteiger partial charge in [-0.1, -0.05) is 29.8 Å². The van der Waals surface area contributed by atoms with Gasteiger partial charge in [0, 0.05) is 15.2 Å². The molecule has 0 amide bonds. The summed E-state index contributed by atoms with van der Waals surface area (Å²) < 4.78 is 6.68. The Morgan fingerprint density at radius 2 is 2.15 bits per heavy atom. The van der Waals surface area contributed by atoms with Crippen LogP contribution in [0.2, 0.25) is 5.02 Å². The molecule has 3 rings (SSSR count). The zero-order valence-electron chi connectivity index (χ0n) is 10.6. The van der Waals surface area contributed by atoms with E-state index in [1.165, 1.54) is 10.5 Å². The van der Waals surface area contributed by atoms with Crippen molar-refractivity contribution in [3.05, 3.63) is 51.5 Å². The highest BCUT2D eigenvalue weighted by Crippen LogP contribution is 2.39. The summed E-state index contributed by atoms with van der Waals surface area (Å²) in [5.41, 5.74) is 7.90. The van der Waals surface area contributed by atoms with Crippen LogP contribution in [0, 0.1) is 0 Å². The minimum Gasteiger partial charge on any atom is -0.489 e. The molecule has 1 atom stereocenters. The van der Waals surface area contributed by atoms with E-state index in [9.17, 15) is 0 Å². The Bertz CT molecular complexity index is 602. The highest BCUT2D eigenvalue weighted by molar-refractivity contribution is 9.10. The molecule has 1 unspecified atom stereocenters. The van der Waals surface area contributed by atoms with Crippen molar-refractivity contribution in [1.82, 2.24) is 0 Å². The molecule has 0 radical (unpaired) electrons. The van der Waals surface area contributed by atoms with Crippen LogP contribution in [0.15, 0.2) is 45.8 Å². The van der Waals surface area contributed by atoms with Gasteiger partial charge in [-0.05, 0) is 46.1 Å². The fraction of sp³-hybridized carbons (Fsp3) is 0.200. The van der Waals surface area contributed by atoms with Crippen molar-refractivity contribution in [3.8, 4) is 5.75 Å². The molecule has 0 fully saturated rings. The molecular formula is C15H13BrClNOS. The predicted molar refractivity (Wildman–Crippen MR) is 88.9 cm³/mol. The van der Waals surface area contributed by atoms with E-state index < -0.39 is 0 Å². The Morgan fingerprint density at radius 1 is 1.35 bits per heavy atom. The fourth-order valence-corrected chi connectivity index (χ4v) is 4.42. The van der Waals surface area contributed by atoms with Gasteiger partial charge in [0.25, 0.3) is 0 Å². The number of anilines is 1. The van der Waals surface area contributed by atoms with Crippen LogP contribution in [0.1, 0.15) is 5.56 Å². The van der Waals surface area contributed by atoms with E-state index in [0.717, 1.165) is 10.9 Å². The molecule has 0 bridgehead atoms. The number of nitrogens with two attached hydrogens (primary N) is 1. The summed E-state index contributed by atoms with van der Waals surface area (Å²) in [5, 5.41) is 1.03. The van der Waals surface area contributed by atoms with Crippen molar-refractivity contribution >= 4 is 45.0 Å². The van der Waals surface area contributed by atoms with Gasteiger partial charge in [-0.15, -0.1) is 11.8 Å². The second kappa shape index (κ2) is 5.88. The molecular weight excluding hydrogens is 358 g/mol. The van der Waals surface area contributed by atoms with Crippen molar-refractivity contribution in [2.45, 2.75) is 16.6 Å². The molecule has 2 aromatic rings. The highest BCUT2D eigenvalue weighted by Gasteiger charge is 2.23. The maximum Gasteiger partial charge on any atom is 0.156 e. The molecule has 0 saturated heterocycles. The van der Waals surface area contributed by atoms with Crippen molar-refractivity contribution in [3.63, 3.8) is 0 Å². The van der Waals surface area contributed by atoms with Gasteiger partial charge in [0.05, 0.1) is 10.2 Å². The van der Waals surface area contributed by atoms with Gasteiger partial charge in [0.15, 0.2) is 5.75 Å². The van der Waals surface area contributed by atoms with E-state index in [2.05, 4.69) is 40.2 Å². The Kier molecular flexibility index (Phi) is 4.15. The minimum atomic E-state index is 0.425.